The molecule has 2 heterocycles. The molecule has 2 rings (SSSR count). The second-order valence-corrected chi connectivity index (χ2v) is 6.38. The lowest BCUT2D eigenvalue weighted by molar-refractivity contribution is 0.546. The molecule has 4 nitrogen and oxygen atoms in total. The minimum Gasteiger partial charge on any atom is -0.317 e. The molecule has 0 aliphatic carbocycles. The first-order chi connectivity index (χ1) is 9.02. The van der Waals surface area contributed by atoms with Crippen molar-refractivity contribution in [1.29, 1.82) is 0 Å². The number of aromatic nitrogens is 3. The van der Waals surface area contributed by atoms with Crippen molar-refractivity contribution >= 4 is 11.3 Å². The average molecular weight is 278 g/mol. The Labute approximate surface area is 118 Å². The number of aryl methyl sites for hydroxylation is 3. The van der Waals surface area contributed by atoms with Crippen molar-refractivity contribution in [2.24, 2.45) is 7.05 Å². The van der Waals surface area contributed by atoms with E-state index in [0.717, 1.165) is 24.6 Å². The number of nitrogens with one attached hydrogen (secondary N) is 1. The second kappa shape index (κ2) is 5.84. The van der Waals surface area contributed by atoms with E-state index in [1.807, 2.05) is 18.4 Å². The van der Waals surface area contributed by atoms with Gasteiger partial charge in [-0.25, -0.2) is 0 Å². The van der Waals surface area contributed by atoms with Gasteiger partial charge in [-0.2, -0.15) is 0 Å². The molecule has 19 heavy (non-hydrogen) atoms. The first-order valence-corrected chi connectivity index (χ1v) is 7.52. The summed E-state index contributed by atoms with van der Waals surface area (Å²) in [6.45, 7) is 9.39. The fourth-order valence-electron chi connectivity index (χ4n) is 2.30. The summed E-state index contributed by atoms with van der Waals surface area (Å²) in [5, 5.41) is 11.9. The zero-order valence-electron chi connectivity index (χ0n) is 12.3. The zero-order valence-corrected chi connectivity index (χ0v) is 13.1. The Balaban J connectivity index is 2.02. The summed E-state index contributed by atoms with van der Waals surface area (Å²) in [5.74, 6) is 2.03. The maximum atomic E-state index is 4.23. The number of hydrogen-bond acceptors (Lipinski definition) is 4. The van der Waals surface area contributed by atoms with Crippen LogP contribution < -0.4 is 5.32 Å². The van der Waals surface area contributed by atoms with Gasteiger partial charge in [0, 0.05) is 29.3 Å². The van der Waals surface area contributed by atoms with Crippen LogP contribution in [0, 0.1) is 13.8 Å². The third-order valence-electron chi connectivity index (χ3n) is 3.48. The van der Waals surface area contributed by atoms with Crippen LogP contribution >= 0.6 is 11.3 Å². The predicted octanol–water partition coefficient (Wildman–Crippen LogP) is 2.91. The van der Waals surface area contributed by atoms with Gasteiger partial charge < -0.3 is 9.88 Å². The highest BCUT2D eigenvalue weighted by atomic mass is 32.1. The molecular formula is C14H22N4S. The van der Waals surface area contributed by atoms with Crippen LogP contribution in [0.3, 0.4) is 0 Å². The lowest BCUT2D eigenvalue weighted by Crippen LogP contribution is -2.20. The zero-order chi connectivity index (χ0) is 14.0. The number of thiophene rings is 1. The highest BCUT2D eigenvalue weighted by Crippen LogP contribution is 2.26. The fraction of sp³-hybridized carbons (Fsp3) is 0.571. The molecule has 0 radical (unpaired) electrons. The van der Waals surface area contributed by atoms with Gasteiger partial charge in [-0.15, -0.1) is 21.5 Å². The van der Waals surface area contributed by atoms with E-state index in [4.69, 9.17) is 0 Å². The molecule has 2 aromatic rings. The minimum absolute atomic E-state index is 0.340. The quantitative estimate of drug-likeness (QED) is 0.914. The van der Waals surface area contributed by atoms with Crippen LogP contribution in [0.4, 0.5) is 0 Å². The monoisotopic (exact) mass is 278 g/mol. The lowest BCUT2D eigenvalue weighted by Gasteiger charge is -2.13. The smallest absolute Gasteiger partial charge is 0.146 e. The van der Waals surface area contributed by atoms with Crippen molar-refractivity contribution in [1.82, 2.24) is 20.1 Å². The molecule has 1 unspecified atom stereocenters. The summed E-state index contributed by atoms with van der Waals surface area (Å²) in [6.07, 6.45) is 0.919. The molecule has 0 spiro atoms. The van der Waals surface area contributed by atoms with E-state index < -0.39 is 0 Å². The molecule has 0 aliphatic heterocycles. The standard InChI is InChI=1S/C14H22N4S/c1-6-13-16-17-14(18(13)5)8-15-10(3)12-7-9(2)19-11(12)4/h7,10,15H,6,8H2,1-5H3. The van der Waals surface area contributed by atoms with Crippen molar-refractivity contribution < 1.29 is 0 Å². The van der Waals surface area contributed by atoms with Gasteiger partial charge in [-0.1, -0.05) is 6.92 Å². The van der Waals surface area contributed by atoms with E-state index in [-0.39, 0.29) is 0 Å². The molecule has 0 saturated heterocycles. The van der Waals surface area contributed by atoms with Crippen molar-refractivity contribution in [3.05, 3.63) is 33.0 Å². The molecule has 0 aromatic carbocycles. The van der Waals surface area contributed by atoms with Crippen molar-refractivity contribution in [2.45, 2.75) is 46.7 Å². The Hall–Kier alpha value is -1.20. The molecule has 1 atom stereocenters. The van der Waals surface area contributed by atoms with Gasteiger partial charge in [-0.05, 0) is 32.4 Å². The van der Waals surface area contributed by atoms with Gasteiger partial charge >= 0.3 is 0 Å². The highest BCUT2D eigenvalue weighted by Gasteiger charge is 2.13. The van der Waals surface area contributed by atoms with Crippen LogP contribution in [0.5, 0.6) is 0 Å². The van der Waals surface area contributed by atoms with E-state index in [1.54, 1.807) is 0 Å². The Morgan fingerprint density at radius 2 is 2.00 bits per heavy atom. The second-order valence-electron chi connectivity index (χ2n) is 4.92. The molecule has 5 heteroatoms. The number of rotatable bonds is 5. The Morgan fingerprint density at radius 1 is 1.32 bits per heavy atom. The highest BCUT2D eigenvalue weighted by molar-refractivity contribution is 7.12. The molecule has 0 saturated carbocycles. The van der Waals surface area contributed by atoms with Crippen LogP contribution in [0.25, 0.3) is 0 Å². The van der Waals surface area contributed by atoms with Crippen LogP contribution in [-0.2, 0) is 20.0 Å². The summed E-state index contributed by atoms with van der Waals surface area (Å²) >= 11 is 1.86. The van der Waals surface area contributed by atoms with Crippen LogP contribution in [0.15, 0.2) is 6.07 Å². The largest absolute Gasteiger partial charge is 0.317 e. The lowest BCUT2D eigenvalue weighted by atomic mass is 10.1. The topological polar surface area (TPSA) is 42.7 Å². The van der Waals surface area contributed by atoms with Crippen LogP contribution in [0.1, 0.15) is 46.9 Å². The van der Waals surface area contributed by atoms with Crippen molar-refractivity contribution in [2.75, 3.05) is 0 Å². The van der Waals surface area contributed by atoms with E-state index >= 15 is 0 Å². The maximum absolute atomic E-state index is 4.23. The van der Waals surface area contributed by atoms with Gasteiger partial charge in [0.05, 0.1) is 6.54 Å². The van der Waals surface area contributed by atoms with Crippen LogP contribution in [0.2, 0.25) is 0 Å². The Morgan fingerprint density at radius 3 is 2.53 bits per heavy atom. The Bertz CT molecular complexity index is 556. The molecule has 0 aliphatic rings. The Kier molecular flexibility index (Phi) is 4.37. The van der Waals surface area contributed by atoms with E-state index in [2.05, 4.69) is 53.8 Å². The van der Waals surface area contributed by atoms with Gasteiger partial charge in [0.25, 0.3) is 0 Å². The van der Waals surface area contributed by atoms with Gasteiger partial charge in [-0.3, -0.25) is 0 Å². The summed E-state index contributed by atoms with van der Waals surface area (Å²) in [6, 6.07) is 2.61. The van der Waals surface area contributed by atoms with Gasteiger partial charge in [0.15, 0.2) is 0 Å². The third kappa shape index (κ3) is 3.04. The maximum Gasteiger partial charge on any atom is 0.146 e. The SMILES string of the molecule is CCc1nnc(CNC(C)c2cc(C)sc2C)n1C. The molecule has 104 valence electrons. The summed E-state index contributed by atoms with van der Waals surface area (Å²) < 4.78 is 2.07. The van der Waals surface area contributed by atoms with Crippen LogP contribution in [-0.4, -0.2) is 14.8 Å². The number of nitrogens with zero attached hydrogens (tertiary/aromatic N) is 3. The molecule has 0 bridgehead atoms. The first-order valence-electron chi connectivity index (χ1n) is 6.70. The van der Waals surface area contributed by atoms with Crippen molar-refractivity contribution in [3.63, 3.8) is 0 Å². The summed E-state index contributed by atoms with van der Waals surface area (Å²) in [4.78, 5) is 2.76. The first kappa shape index (κ1) is 14.2. The van der Waals surface area contributed by atoms with E-state index in [0.29, 0.717) is 6.04 Å². The molecule has 0 fully saturated rings. The summed E-state index contributed by atoms with van der Waals surface area (Å²) in [7, 11) is 2.03. The molecule has 2 aromatic heterocycles. The van der Waals surface area contributed by atoms with Crippen molar-refractivity contribution in [3.8, 4) is 0 Å². The van der Waals surface area contributed by atoms with E-state index in [1.165, 1.54) is 15.3 Å². The van der Waals surface area contributed by atoms with E-state index in [9.17, 15) is 0 Å². The molecule has 0 amide bonds. The normalized spacial score (nSPS) is 12.9. The summed E-state index contributed by atoms with van der Waals surface area (Å²) in [5.41, 5.74) is 1.39. The average Bonchev–Trinajstić information content (AvgIpc) is 2.89. The minimum atomic E-state index is 0.340. The fourth-order valence-corrected chi connectivity index (χ4v) is 3.32. The van der Waals surface area contributed by atoms with Gasteiger partial charge in [0.1, 0.15) is 11.6 Å². The molecule has 1 N–H and O–H groups in total. The predicted molar refractivity (Wildman–Crippen MR) is 79.4 cm³/mol. The molecular weight excluding hydrogens is 256 g/mol. The number of hydrogen-bond donors (Lipinski definition) is 1. The van der Waals surface area contributed by atoms with Gasteiger partial charge in [0.2, 0.25) is 0 Å². The third-order valence-corrected chi connectivity index (χ3v) is 4.47.